The Bertz CT molecular complexity index is 88.5. The van der Waals surface area contributed by atoms with Crippen molar-refractivity contribution in [2.75, 3.05) is 0 Å². The van der Waals surface area contributed by atoms with E-state index in [2.05, 4.69) is 0 Å². The molecular weight excluding hydrogens is 110 g/mol. The lowest BCUT2D eigenvalue weighted by atomic mass is 10.2. The molecule has 2 heteroatoms. The van der Waals surface area contributed by atoms with Crippen molar-refractivity contribution in [3.05, 3.63) is 6.42 Å². The molecule has 0 nitrogen and oxygen atoms in total. The van der Waals surface area contributed by atoms with Gasteiger partial charge in [-0.05, 0) is 6.42 Å². The minimum Gasteiger partial charge on any atom is -0.207 e. The fourth-order valence-corrected chi connectivity index (χ4v) is 0.775. The fourth-order valence-electron chi connectivity index (χ4n) is 0.775. The summed E-state index contributed by atoms with van der Waals surface area (Å²) in [6.07, 6.45) is 2.53. The largest absolute Gasteiger partial charge is 0.251 e. The predicted molar refractivity (Wildman–Crippen MR) is 27.6 cm³/mol. The molecule has 1 rings (SSSR count). The highest BCUT2D eigenvalue weighted by Gasteiger charge is 2.55. The smallest absolute Gasteiger partial charge is 0.207 e. The van der Waals surface area contributed by atoms with E-state index in [4.69, 9.17) is 0 Å². The Kier molecular flexibility index (Phi) is 1.25. The maximum Gasteiger partial charge on any atom is 0.251 e. The molecular formula is C6H9F2. The molecule has 1 unspecified atom stereocenters. The lowest BCUT2D eigenvalue weighted by Gasteiger charge is -1.90. The molecule has 1 saturated carbocycles. The van der Waals surface area contributed by atoms with Gasteiger partial charge in [0.05, 0.1) is 0 Å². The first kappa shape index (κ1) is 5.99. The van der Waals surface area contributed by atoms with Crippen molar-refractivity contribution in [1.29, 1.82) is 0 Å². The van der Waals surface area contributed by atoms with Crippen LogP contribution in [-0.2, 0) is 0 Å². The summed E-state index contributed by atoms with van der Waals surface area (Å²) in [4.78, 5) is 0. The maximum absolute atomic E-state index is 12.0. The highest BCUT2D eigenvalue weighted by Crippen LogP contribution is 2.50. The molecule has 0 amide bonds. The zero-order valence-corrected chi connectivity index (χ0v) is 4.82. The molecule has 0 aromatic rings. The van der Waals surface area contributed by atoms with Crippen LogP contribution in [0.5, 0.6) is 0 Å². The second-order valence-corrected chi connectivity index (χ2v) is 2.22. The molecule has 0 N–H and O–H groups in total. The number of hydrogen-bond donors (Lipinski definition) is 0. The van der Waals surface area contributed by atoms with Crippen LogP contribution >= 0.6 is 0 Å². The highest BCUT2D eigenvalue weighted by atomic mass is 19.3. The molecule has 0 heterocycles. The van der Waals surface area contributed by atoms with Crippen LogP contribution in [0.25, 0.3) is 0 Å². The topological polar surface area (TPSA) is 0 Å². The zero-order valence-electron chi connectivity index (χ0n) is 4.82. The molecule has 8 heavy (non-hydrogen) atoms. The van der Waals surface area contributed by atoms with Crippen molar-refractivity contribution in [1.82, 2.24) is 0 Å². The fraction of sp³-hybridized carbons (Fsp3) is 0.833. The van der Waals surface area contributed by atoms with Crippen molar-refractivity contribution in [3.63, 3.8) is 0 Å². The third kappa shape index (κ3) is 0.984. The molecule has 1 fully saturated rings. The molecule has 47 valence electrons. The minimum absolute atomic E-state index is 0.0842. The van der Waals surface area contributed by atoms with E-state index in [9.17, 15) is 8.78 Å². The van der Waals surface area contributed by atoms with Crippen LogP contribution in [-0.4, -0.2) is 5.92 Å². The van der Waals surface area contributed by atoms with Crippen molar-refractivity contribution in [2.45, 2.75) is 25.7 Å². The monoisotopic (exact) mass is 119 g/mol. The zero-order chi connectivity index (χ0) is 6.20. The van der Waals surface area contributed by atoms with E-state index in [1.807, 2.05) is 6.92 Å². The number of hydrogen-bond acceptors (Lipinski definition) is 0. The minimum atomic E-state index is -2.34. The Morgan fingerprint density at radius 3 is 2.38 bits per heavy atom. The van der Waals surface area contributed by atoms with Gasteiger partial charge in [0.15, 0.2) is 0 Å². The summed E-state index contributed by atoms with van der Waals surface area (Å²) < 4.78 is 23.9. The average molecular weight is 119 g/mol. The lowest BCUT2D eigenvalue weighted by molar-refractivity contribution is 0.104. The number of alkyl halides is 2. The third-order valence-electron chi connectivity index (χ3n) is 1.39. The van der Waals surface area contributed by atoms with Gasteiger partial charge in [-0.2, -0.15) is 0 Å². The number of rotatable bonds is 2. The van der Waals surface area contributed by atoms with Crippen LogP contribution in [0.4, 0.5) is 8.78 Å². The van der Waals surface area contributed by atoms with E-state index in [0.29, 0.717) is 0 Å². The molecule has 0 aromatic heterocycles. The standard InChI is InChI=1S/C6H9F2/c1-2-3-5-4-6(5,7)8/h3,5H,2,4H2,1H3. The second-order valence-electron chi connectivity index (χ2n) is 2.22. The molecule has 1 aliphatic carbocycles. The van der Waals surface area contributed by atoms with Crippen LogP contribution in [0.1, 0.15) is 19.8 Å². The first-order valence-electron chi connectivity index (χ1n) is 2.88. The SMILES string of the molecule is CC[CH]C1CC1(F)F. The van der Waals surface area contributed by atoms with E-state index in [1.165, 1.54) is 0 Å². The van der Waals surface area contributed by atoms with Gasteiger partial charge in [-0.15, -0.1) is 0 Å². The van der Waals surface area contributed by atoms with Crippen LogP contribution in [0.2, 0.25) is 0 Å². The molecule has 1 atom stereocenters. The molecule has 0 bridgehead atoms. The molecule has 0 saturated heterocycles. The highest BCUT2D eigenvalue weighted by molar-refractivity contribution is 5.02. The first-order valence-corrected chi connectivity index (χ1v) is 2.88. The van der Waals surface area contributed by atoms with E-state index in [1.54, 1.807) is 6.42 Å². The first-order chi connectivity index (χ1) is 3.67. The summed E-state index contributed by atoms with van der Waals surface area (Å²) in [7, 11) is 0. The molecule has 0 aliphatic heterocycles. The lowest BCUT2D eigenvalue weighted by Crippen LogP contribution is -1.92. The van der Waals surface area contributed by atoms with Crippen LogP contribution < -0.4 is 0 Å². The average Bonchev–Trinajstić information content (AvgIpc) is 2.15. The summed E-state index contributed by atoms with van der Waals surface area (Å²) in [6.45, 7) is 1.88. The van der Waals surface area contributed by atoms with Crippen molar-refractivity contribution in [2.24, 2.45) is 5.92 Å². The Morgan fingerprint density at radius 2 is 2.25 bits per heavy atom. The van der Waals surface area contributed by atoms with Crippen LogP contribution in [0, 0.1) is 12.3 Å². The molecule has 1 radical (unpaired) electrons. The van der Waals surface area contributed by atoms with Gasteiger partial charge in [0.2, 0.25) is 0 Å². The van der Waals surface area contributed by atoms with E-state index in [0.717, 1.165) is 6.42 Å². The van der Waals surface area contributed by atoms with Crippen LogP contribution in [0.15, 0.2) is 0 Å². The summed E-state index contributed by atoms with van der Waals surface area (Å²) in [5, 5.41) is 0. The quantitative estimate of drug-likeness (QED) is 0.523. The Hall–Kier alpha value is -0.140. The van der Waals surface area contributed by atoms with Crippen molar-refractivity contribution in [3.8, 4) is 0 Å². The van der Waals surface area contributed by atoms with Crippen molar-refractivity contribution >= 4 is 0 Å². The van der Waals surface area contributed by atoms with E-state index < -0.39 is 11.8 Å². The molecule has 0 aromatic carbocycles. The molecule has 0 spiro atoms. The van der Waals surface area contributed by atoms with Gasteiger partial charge in [-0.3, -0.25) is 0 Å². The van der Waals surface area contributed by atoms with Gasteiger partial charge in [0.1, 0.15) is 0 Å². The summed E-state index contributed by atoms with van der Waals surface area (Å²) >= 11 is 0. The van der Waals surface area contributed by atoms with Crippen molar-refractivity contribution < 1.29 is 8.78 Å². The maximum atomic E-state index is 12.0. The Morgan fingerprint density at radius 1 is 1.75 bits per heavy atom. The predicted octanol–water partition coefficient (Wildman–Crippen LogP) is 2.26. The Labute approximate surface area is 47.9 Å². The summed E-state index contributed by atoms with van der Waals surface area (Å²) in [5.41, 5.74) is 0. The van der Waals surface area contributed by atoms with E-state index in [-0.39, 0.29) is 6.42 Å². The van der Waals surface area contributed by atoms with Gasteiger partial charge < -0.3 is 0 Å². The van der Waals surface area contributed by atoms with Gasteiger partial charge in [0, 0.05) is 12.3 Å². The molecule has 1 aliphatic rings. The second kappa shape index (κ2) is 1.67. The van der Waals surface area contributed by atoms with Gasteiger partial charge >= 0.3 is 0 Å². The third-order valence-corrected chi connectivity index (χ3v) is 1.39. The number of halogens is 2. The summed E-state index contributed by atoms with van der Waals surface area (Å²) in [6, 6.07) is 0. The van der Waals surface area contributed by atoms with Gasteiger partial charge in [-0.1, -0.05) is 13.3 Å². The normalized spacial score (nSPS) is 32.6. The van der Waals surface area contributed by atoms with E-state index >= 15 is 0 Å². The van der Waals surface area contributed by atoms with Gasteiger partial charge in [-0.25, -0.2) is 8.78 Å². The van der Waals surface area contributed by atoms with Crippen LogP contribution in [0.3, 0.4) is 0 Å². The van der Waals surface area contributed by atoms with Gasteiger partial charge in [0.25, 0.3) is 5.92 Å². The summed E-state index contributed by atoms with van der Waals surface area (Å²) in [5.74, 6) is -2.73. The Balaban J connectivity index is 2.17.